The third-order valence-corrected chi connectivity index (χ3v) is 5.06. The van der Waals surface area contributed by atoms with Crippen molar-refractivity contribution in [2.45, 2.75) is 38.5 Å². The molecule has 0 saturated heterocycles. The lowest BCUT2D eigenvalue weighted by molar-refractivity contribution is -0.119. The van der Waals surface area contributed by atoms with Crippen molar-refractivity contribution in [2.24, 2.45) is 5.92 Å². The van der Waals surface area contributed by atoms with E-state index in [0.29, 0.717) is 17.0 Å². The third kappa shape index (κ3) is 5.70. The van der Waals surface area contributed by atoms with E-state index in [2.05, 4.69) is 29.4 Å². The molecule has 0 radical (unpaired) electrons. The lowest BCUT2D eigenvalue weighted by Gasteiger charge is -2.21. The number of thioether (sulfide) groups is 1. The number of aromatic nitrogens is 2. The summed E-state index contributed by atoms with van der Waals surface area (Å²) in [7, 11) is 0. The summed E-state index contributed by atoms with van der Waals surface area (Å²) in [5, 5.41) is 11.7. The summed E-state index contributed by atoms with van der Waals surface area (Å²) in [6.45, 7) is 6.32. The van der Waals surface area contributed by atoms with E-state index in [0.717, 1.165) is 23.1 Å². The number of aryl methyl sites for hydroxylation is 1. The van der Waals surface area contributed by atoms with Gasteiger partial charge in [-0.1, -0.05) is 73.6 Å². The van der Waals surface area contributed by atoms with Crippen molar-refractivity contribution in [3.8, 4) is 11.5 Å². The van der Waals surface area contributed by atoms with E-state index >= 15 is 0 Å². The molecule has 6 heteroatoms. The molecule has 3 rings (SSSR count). The minimum Gasteiger partial charge on any atom is -0.411 e. The molecule has 28 heavy (non-hydrogen) atoms. The van der Waals surface area contributed by atoms with Gasteiger partial charge >= 0.3 is 0 Å². The van der Waals surface area contributed by atoms with Crippen LogP contribution in [0.5, 0.6) is 0 Å². The molecule has 1 N–H and O–H groups in total. The maximum Gasteiger partial charge on any atom is 0.277 e. The lowest BCUT2D eigenvalue weighted by Crippen LogP contribution is -2.30. The number of hydrogen-bond donors (Lipinski definition) is 1. The maximum absolute atomic E-state index is 12.5. The van der Waals surface area contributed by atoms with Gasteiger partial charge in [0.2, 0.25) is 11.8 Å². The Hall–Kier alpha value is -2.60. The van der Waals surface area contributed by atoms with Gasteiger partial charge in [0.25, 0.3) is 5.22 Å². The van der Waals surface area contributed by atoms with E-state index in [1.807, 2.05) is 61.5 Å². The number of carbonyl (C=O) groups excluding carboxylic acids is 1. The summed E-state index contributed by atoms with van der Waals surface area (Å²) in [6, 6.07) is 18.0. The first-order valence-electron chi connectivity index (χ1n) is 9.39. The Morgan fingerprint density at radius 2 is 1.89 bits per heavy atom. The largest absolute Gasteiger partial charge is 0.411 e. The van der Waals surface area contributed by atoms with Gasteiger partial charge in [0.15, 0.2) is 0 Å². The van der Waals surface area contributed by atoms with E-state index in [-0.39, 0.29) is 17.7 Å². The molecule has 0 unspecified atom stereocenters. The number of nitrogens with zero attached hydrogens (tertiary/aromatic N) is 2. The highest BCUT2D eigenvalue weighted by atomic mass is 32.2. The molecule has 1 atom stereocenters. The Morgan fingerprint density at radius 3 is 2.61 bits per heavy atom. The summed E-state index contributed by atoms with van der Waals surface area (Å²) < 4.78 is 5.69. The van der Waals surface area contributed by atoms with E-state index < -0.39 is 0 Å². The Labute approximate surface area is 170 Å². The molecule has 3 aromatic rings. The van der Waals surface area contributed by atoms with Gasteiger partial charge in [0.05, 0.1) is 11.8 Å². The molecule has 5 nitrogen and oxygen atoms in total. The molecule has 0 bridgehead atoms. The van der Waals surface area contributed by atoms with E-state index in [1.54, 1.807) is 0 Å². The van der Waals surface area contributed by atoms with E-state index in [1.165, 1.54) is 11.8 Å². The molecule has 2 aromatic carbocycles. The van der Waals surface area contributed by atoms with Crippen LogP contribution >= 0.6 is 11.8 Å². The minimum absolute atomic E-state index is 0.000148. The molecule has 0 spiro atoms. The first-order valence-corrected chi connectivity index (χ1v) is 10.4. The topological polar surface area (TPSA) is 68.0 Å². The SMILES string of the molecule is Cc1cccc(-c2nnc(SCC(=O)N[C@H](CC(C)C)c3ccccc3)o2)c1. The standard InChI is InChI=1S/C22H25N3O2S/c1-15(2)12-19(17-9-5-4-6-10-17)23-20(26)14-28-22-25-24-21(27-22)18-11-7-8-16(3)13-18/h4-11,13,15,19H,12,14H2,1-3H3,(H,23,26)/t19-/m1/s1. The molecule has 146 valence electrons. The number of amides is 1. The maximum atomic E-state index is 12.5. The molecule has 0 aliphatic heterocycles. The summed E-state index contributed by atoms with van der Waals surface area (Å²) in [6.07, 6.45) is 0.887. The van der Waals surface area contributed by atoms with Crippen LogP contribution in [0.4, 0.5) is 0 Å². The first kappa shape index (κ1) is 20.1. The molecule has 0 aliphatic rings. The predicted octanol–water partition coefficient (Wildman–Crippen LogP) is 5.04. The quantitative estimate of drug-likeness (QED) is 0.541. The van der Waals surface area contributed by atoms with Crippen LogP contribution in [-0.4, -0.2) is 21.9 Å². The molecule has 0 saturated carbocycles. The monoisotopic (exact) mass is 395 g/mol. The van der Waals surface area contributed by atoms with Gasteiger partial charge in [-0.25, -0.2) is 0 Å². The fourth-order valence-corrected chi connectivity index (χ4v) is 3.54. The molecular weight excluding hydrogens is 370 g/mol. The van der Waals surface area contributed by atoms with Crippen molar-refractivity contribution in [1.82, 2.24) is 15.5 Å². The summed E-state index contributed by atoms with van der Waals surface area (Å²) in [5.41, 5.74) is 3.13. The Morgan fingerprint density at radius 1 is 1.11 bits per heavy atom. The Balaban J connectivity index is 1.59. The zero-order valence-corrected chi connectivity index (χ0v) is 17.2. The van der Waals surface area contributed by atoms with Crippen LogP contribution in [0.25, 0.3) is 11.5 Å². The van der Waals surface area contributed by atoms with Crippen molar-refractivity contribution in [3.63, 3.8) is 0 Å². The van der Waals surface area contributed by atoms with Gasteiger partial charge in [-0.2, -0.15) is 0 Å². The fraction of sp³-hybridized carbons (Fsp3) is 0.318. The molecular formula is C22H25N3O2S. The third-order valence-electron chi connectivity index (χ3n) is 4.24. The van der Waals surface area contributed by atoms with Crippen LogP contribution in [0.3, 0.4) is 0 Å². The summed E-state index contributed by atoms with van der Waals surface area (Å²) in [5.74, 6) is 1.13. The van der Waals surface area contributed by atoms with E-state index in [4.69, 9.17) is 4.42 Å². The van der Waals surface area contributed by atoms with Gasteiger partial charge < -0.3 is 9.73 Å². The van der Waals surface area contributed by atoms with E-state index in [9.17, 15) is 4.79 Å². The lowest BCUT2D eigenvalue weighted by atomic mass is 9.97. The van der Waals surface area contributed by atoms with Gasteiger partial charge in [-0.05, 0) is 37.0 Å². The number of nitrogens with one attached hydrogen (secondary N) is 1. The van der Waals surface area contributed by atoms with Gasteiger partial charge in [0, 0.05) is 5.56 Å². The van der Waals surface area contributed by atoms with Crippen LogP contribution in [0, 0.1) is 12.8 Å². The number of hydrogen-bond acceptors (Lipinski definition) is 5. The fourth-order valence-electron chi connectivity index (χ4n) is 2.96. The van der Waals surface area contributed by atoms with Crippen molar-refractivity contribution < 1.29 is 9.21 Å². The van der Waals surface area contributed by atoms with Gasteiger partial charge in [-0.3, -0.25) is 4.79 Å². The summed E-state index contributed by atoms with van der Waals surface area (Å²) in [4.78, 5) is 12.5. The highest BCUT2D eigenvalue weighted by Crippen LogP contribution is 2.25. The highest BCUT2D eigenvalue weighted by Gasteiger charge is 2.17. The van der Waals surface area contributed by atoms with Crippen LogP contribution < -0.4 is 5.32 Å². The first-order chi connectivity index (χ1) is 13.5. The summed E-state index contributed by atoms with van der Waals surface area (Å²) >= 11 is 1.25. The van der Waals surface area contributed by atoms with Crippen molar-refractivity contribution in [3.05, 3.63) is 65.7 Å². The van der Waals surface area contributed by atoms with Crippen molar-refractivity contribution >= 4 is 17.7 Å². The van der Waals surface area contributed by atoms with Crippen LogP contribution in [0.2, 0.25) is 0 Å². The molecule has 0 aliphatic carbocycles. The van der Waals surface area contributed by atoms with Crippen LogP contribution in [-0.2, 0) is 4.79 Å². The molecule has 1 heterocycles. The highest BCUT2D eigenvalue weighted by molar-refractivity contribution is 7.99. The zero-order chi connectivity index (χ0) is 19.9. The second-order valence-electron chi connectivity index (χ2n) is 7.19. The minimum atomic E-state index is -0.0465. The van der Waals surface area contributed by atoms with Gasteiger partial charge in [-0.15, -0.1) is 10.2 Å². The average molecular weight is 396 g/mol. The van der Waals surface area contributed by atoms with Crippen LogP contribution in [0.15, 0.2) is 64.2 Å². The molecule has 1 amide bonds. The van der Waals surface area contributed by atoms with Crippen molar-refractivity contribution in [2.75, 3.05) is 5.75 Å². The normalized spacial score (nSPS) is 12.1. The second-order valence-corrected chi connectivity index (χ2v) is 8.12. The Kier molecular flexibility index (Phi) is 6.87. The van der Waals surface area contributed by atoms with Crippen molar-refractivity contribution in [1.29, 1.82) is 0 Å². The molecule has 0 fully saturated rings. The number of rotatable bonds is 8. The second kappa shape index (κ2) is 9.55. The van der Waals surface area contributed by atoms with Crippen LogP contribution in [0.1, 0.15) is 37.4 Å². The predicted molar refractivity (Wildman–Crippen MR) is 112 cm³/mol. The zero-order valence-electron chi connectivity index (χ0n) is 16.4. The van der Waals surface area contributed by atoms with Gasteiger partial charge in [0.1, 0.15) is 0 Å². The Bertz CT molecular complexity index is 909. The number of carbonyl (C=O) groups is 1. The smallest absolute Gasteiger partial charge is 0.277 e. The number of benzene rings is 2. The molecule has 1 aromatic heterocycles. The average Bonchev–Trinajstić information content (AvgIpc) is 3.15.